The highest BCUT2D eigenvalue weighted by atomic mass is 19.2. The minimum absolute atomic E-state index is 0.135. The van der Waals surface area contributed by atoms with Crippen molar-refractivity contribution in [3.8, 4) is 11.4 Å². The van der Waals surface area contributed by atoms with E-state index in [1.54, 1.807) is 28.5 Å². The molecule has 1 atom stereocenters. The Morgan fingerprint density at radius 2 is 1.71 bits per heavy atom. The Morgan fingerprint density at radius 1 is 1.06 bits per heavy atom. The van der Waals surface area contributed by atoms with Crippen LogP contribution in [0.25, 0.3) is 5.69 Å². The number of halogens is 5. The second-order valence-electron chi connectivity index (χ2n) is 7.90. The molecule has 3 aromatic rings. The molecule has 4 rings (SSSR count). The summed E-state index contributed by atoms with van der Waals surface area (Å²) in [6, 6.07) is 3.45. The fourth-order valence-electron chi connectivity index (χ4n) is 3.95. The van der Waals surface area contributed by atoms with Gasteiger partial charge in [-0.1, -0.05) is 0 Å². The lowest BCUT2D eigenvalue weighted by atomic mass is 10.1. The van der Waals surface area contributed by atoms with Crippen LogP contribution in [0, 0.1) is 36.0 Å². The van der Waals surface area contributed by atoms with Crippen molar-refractivity contribution in [1.82, 2.24) is 14.5 Å². The van der Waals surface area contributed by atoms with Gasteiger partial charge >= 0.3 is 0 Å². The van der Waals surface area contributed by atoms with Crippen LogP contribution in [0.4, 0.5) is 27.6 Å². The van der Waals surface area contributed by atoms with Gasteiger partial charge in [-0.25, -0.2) is 26.9 Å². The van der Waals surface area contributed by atoms with Crippen molar-refractivity contribution in [3.05, 3.63) is 71.1 Å². The molecule has 1 saturated heterocycles. The Labute approximate surface area is 196 Å². The van der Waals surface area contributed by atoms with Gasteiger partial charge in [0.15, 0.2) is 23.3 Å². The van der Waals surface area contributed by atoms with Gasteiger partial charge in [-0.05, 0) is 38.0 Å². The van der Waals surface area contributed by atoms with Gasteiger partial charge in [0.25, 0.3) is 5.91 Å². The highest BCUT2D eigenvalue weighted by Gasteiger charge is 2.36. The number of aromatic nitrogens is 2. The zero-order valence-electron chi connectivity index (χ0n) is 18.5. The van der Waals surface area contributed by atoms with E-state index in [1.807, 2.05) is 6.92 Å². The van der Waals surface area contributed by atoms with Gasteiger partial charge in [0.1, 0.15) is 17.5 Å². The molecule has 0 bridgehead atoms. The lowest BCUT2D eigenvalue weighted by molar-refractivity contribution is -0.119. The number of aryl methyl sites for hydroxylation is 1. The van der Waals surface area contributed by atoms with Crippen LogP contribution in [0.3, 0.4) is 0 Å². The molecule has 0 spiro atoms. The minimum atomic E-state index is -2.33. The number of imidazole rings is 1. The Bertz CT molecular complexity index is 1300. The molecule has 2 heterocycles. The minimum Gasteiger partial charge on any atom is -0.495 e. The van der Waals surface area contributed by atoms with E-state index >= 15 is 0 Å². The lowest BCUT2D eigenvalue weighted by Crippen LogP contribution is -2.43. The van der Waals surface area contributed by atoms with E-state index in [9.17, 15) is 31.5 Å². The van der Waals surface area contributed by atoms with Crippen LogP contribution in [0.5, 0.6) is 5.75 Å². The van der Waals surface area contributed by atoms with E-state index < -0.39 is 52.6 Å². The number of carbonyl (C=O) groups is 2. The molecule has 184 valence electrons. The summed E-state index contributed by atoms with van der Waals surface area (Å²) in [6.07, 6.45) is 3.87. The molecule has 2 aromatic carbocycles. The molecule has 1 aromatic heterocycles. The van der Waals surface area contributed by atoms with Gasteiger partial charge in [-0.3, -0.25) is 9.59 Å². The molecular formula is C23H19F5N4O3. The van der Waals surface area contributed by atoms with Crippen molar-refractivity contribution in [2.75, 3.05) is 19.0 Å². The third kappa shape index (κ3) is 4.31. The first-order valence-electron chi connectivity index (χ1n) is 10.5. The maximum atomic E-state index is 14.0. The number of likely N-dealkylation sites (tertiary alicyclic amines) is 1. The molecule has 1 fully saturated rings. The van der Waals surface area contributed by atoms with Crippen LogP contribution < -0.4 is 10.1 Å². The summed E-state index contributed by atoms with van der Waals surface area (Å²) in [5.74, 6) is -12.3. The number of carbonyl (C=O) groups excluding carboxylic acids is 2. The predicted octanol–water partition coefficient (Wildman–Crippen LogP) is 4.13. The first kappa shape index (κ1) is 24.2. The summed E-state index contributed by atoms with van der Waals surface area (Å²) >= 11 is 0. The molecule has 0 saturated carbocycles. The number of ether oxygens (including phenoxy) is 1. The molecule has 1 N–H and O–H groups in total. The number of anilines is 1. The average Bonchev–Trinajstić information content (AvgIpc) is 3.52. The van der Waals surface area contributed by atoms with Gasteiger partial charge in [-0.15, -0.1) is 0 Å². The maximum absolute atomic E-state index is 14.0. The molecule has 0 unspecified atom stereocenters. The number of hydrogen-bond acceptors (Lipinski definition) is 4. The molecule has 2 amide bonds. The van der Waals surface area contributed by atoms with Crippen molar-refractivity contribution in [2.45, 2.75) is 25.8 Å². The van der Waals surface area contributed by atoms with Crippen LogP contribution in [0.2, 0.25) is 0 Å². The van der Waals surface area contributed by atoms with Crippen molar-refractivity contribution in [2.24, 2.45) is 0 Å². The lowest BCUT2D eigenvalue weighted by Gasteiger charge is -2.24. The molecule has 0 aliphatic carbocycles. The van der Waals surface area contributed by atoms with Gasteiger partial charge in [0, 0.05) is 18.3 Å². The van der Waals surface area contributed by atoms with Crippen molar-refractivity contribution < 1.29 is 36.3 Å². The average molecular weight is 494 g/mol. The first-order valence-corrected chi connectivity index (χ1v) is 10.5. The monoisotopic (exact) mass is 494 g/mol. The Balaban J connectivity index is 1.58. The Hall–Kier alpha value is -3.96. The Morgan fingerprint density at radius 3 is 2.31 bits per heavy atom. The van der Waals surface area contributed by atoms with E-state index in [0.29, 0.717) is 17.9 Å². The van der Waals surface area contributed by atoms with Crippen LogP contribution >= 0.6 is 0 Å². The highest BCUT2D eigenvalue weighted by molar-refractivity contribution is 6.02. The number of nitrogens with one attached hydrogen (secondary N) is 1. The topological polar surface area (TPSA) is 76.5 Å². The van der Waals surface area contributed by atoms with Gasteiger partial charge in [-0.2, -0.15) is 0 Å². The molecule has 0 radical (unpaired) electrons. The molecule has 35 heavy (non-hydrogen) atoms. The summed E-state index contributed by atoms with van der Waals surface area (Å²) in [5.41, 5.74) is 0.101. The van der Waals surface area contributed by atoms with Gasteiger partial charge < -0.3 is 19.5 Å². The third-order valence-electron chi connectivity index (χ3n) is 5.69. The largest absolute Gasteiger partial charge is 0.495 e. The van der Waals surface area contributed by atoms with Crippen LogP contribution in [-0.2, 0) is 4.79 Å². The standard InChI is InChI=1S/C23H19F5N4O3/c1-11-9-31(10-29-11)13-6-5-12(8-15(13)35-2)23(34)32-7-3-4-14(32)22(33)30-21-19(27)17(25)16(24)18(26)20(21)28/h5-6,8-10,14H,3-4,7H2,1-2H3,(H,30,33)/t14-/m0/s1. The fraction of sp³-hybridized carbons (Fsp3) is 0.261. The normalized spacial score (nSPS) is 15.4. The maximum Gasteiger partial charge on any atom is 0.254 e. The number of methoxy groups -OCH3 is 1. The SMILES string of the molecule is COc1cc(C(=O)N2CCC[C@H]2C(=O)Nc2c(F)c(F)c(F)c(F)c2F)ccc1-n1cnc(C)c1. The van der Waals surface area contributed by atoms with Crippen LogP contribution in [0.1, 0.15) is 28.9 Å². The second-order valence-corrected chi connectivity index (χ2v) is 7.90. The summed E-state index contributed by atoms with van der Waals surface area (Å²) in [6.45, 7) is 1.96. The van der Waals surface area contributed by atoms with E-state index in [4.69, 9.17) is 4.74 Å². The van der Waals surface area contributed by atoms with Crippen molar-refractivity contribution in [3.63, 3.8) is 0 Å². The highest BCUT2D eigenvalue weighted by Crippen LogP contribution is 2.30. The summed E-state index contributed by atoms with van der Waals surface area (Å²) in [4.78, 5) is 31.2. The van der Waals surface area contributed by atoms with Crippen LogP contribution in [-0.4, -0.2) is 46.0 Å². The fourth-order valence-corrected chi connectivity index (χ4v) is 3.95. The number of rotatable bonds is 5. The molecule has 1 aliphatic rings. The third-order valence-corrected chi connectivity index (χ3v) is 5.69. The summed E-state index contributed by atoms with van der Waals surface area (Å²) in [5, 5.41) is 1.76. The number of hydrogen-bond donors (Lipinski definition) is 1. The zero-order chi connectivity index (χ0) is 25.4. The molecule has 7 nitrogen and oxygen atoms in total. The van der Waals surface area contributed by atoms with Crippen molar-refractivity contribution in [1.29, 1.82) is 0 Å². The first-order chi connectivity index (χ1) is 16.6. The van der Waals surface area contributed by atoms with E-state index in [0.717, 1.165) is 5.69 Å². The quantitative estimate of drug-likeness (QED) is 0.329. The van der Waals surface area contributed by atoms with Gasteiger partial charge in [0.05, 0.1) is 24.8 Å². The number of benzene rings is 2. The molecule has 1 aliphatic heterocycles. The van der Waals surface area contributed by atoms with Gasteiger partial charge in [0.2, 0.25) is 11.7 Å². The number of nitrogens with zero attached hydrogens (tertiary/aromatic N) is 3. The predicted molar refractivity (Wildman–Crippen MR) is 114 cm³/mol. The Kier molecular flexibility index (Phi) is 6.46. The van der Waals surface area contributed by atoms with E-state index in [2.05, 4.69) is 4.98 Å². The van der Waals surface area contributed by atoms with Crippen LogP contribution in [0.15, 0.2) is 30.7 Å². The number of amides is 2. The van der Waals surface area contributed by atoms with E-state index in [1.165, 1.54) is 24.1 Å². The summed E-state index contributed by atoms with van der Waals surface area (Å²) in [7, 11) is 1.42. The zero-order valence-corrected chi connectivity index (χ0v) is 18.5. The molecule has 12 heteroatoms. The van der Waals surface area contributed by atoms with Crippen molar-refractivity contribution >= 4 is 17.5 Å². The summed E-state index contributed by atoms with van der Waals surface area (Å²) < 4.78 is 75.4. The smallest absolute Gasteiger partial charge is 0.254 e. The van der Waals surface area contributed by atoms with E-state index in [-0.39, 0.29) is 18.5 Å². The molecular weight excluding hydrogens is 475 g/mol. The second kappa shape index (κ2) is 9.35.